The summed E-state index contributed by atoms with van der Waals surface area (Å²) in [6.45, 7) is 4.13. The topological polar surface area (TPSA) is 107 Å². The molecule has 3 aromatic rings. The zero-order chi connectivity index (χ0) is 21.6. The Morgan fingerprint density at radius 1 is 1.19 bits per heavy atom. The van der Waals surface area contributed by atoms with Crippen LogP contribution in [-0.2, 0) is 21.8 Å². The van der Waals surface area contributed by atoms with Gasteiger partial charge >= 0.3 is 0 Å². The fourth-order valence-electron chi connectivity index (χ4n) is 4.46. The zero-order valence-electron chi connectivity index (χ0n) is 17.7. The number of rotatable bonds is 4. The first-order chi connectivity index (χ1) is 14.9. The van der Waals surface area contributed by atoms with E-state index < -0.39 is 10.0 Å². The molecule has 166 valence electrons. The first-order valence-corrected chi connectivity index (χ1v) is 12.1. The molecule has 0 aliphatic carbocycles. The monoisotopic (exact) mass is 445 g/mol. The minimum atomic E-state index is -3.68. The highest BCUT2D eigenvalue weighted by atomic mass is 32.2. The lowest BCUT2D eigenvalue weighted by Gasteiger charge is -2.33. The molecule has 31 heavy (non-hydrogen) atoms. The third-order valence-corrected chi connectivity index (χ3v) is 7.84. The van der Waals surface area contributed by atoms with Gasteiger partial charge in [-0.2, -0.15) is 19.3 Å². The van der Waals surface area contributed by atoms with Crippen LogP contribution in [-0.4, -0.2) is 63.7 Å². The molecule has 2 fully saturated rings. The highest BCUT2D eigenvalue weighted by Gasteiger charge is 2.33. The van der Waals surface area contributed by atoms with Crippen molar-refractivity contribution in [3.05, 3.63) is 35.7 Å². The lowest BCUT2D eigenvalue weighted by Crippen LogP contribution is -2.48. The van der Waals surface area contributed by atoms with Crippen molar-refractivity contribution in [3.8, 4) is 0 Å². The minimum Gasteiger partial charge on any atom is -0.356 e. The van der Waals surface area contributed by atoms with E-state index >= 15 is 0 Å². The highest BCUT2D eigenvalue weighted by Crippen LogP contribution is 2.31. The van der Waals surface area contributed by atoms with Crippen molar-refractivity contribution in [1.29, 1.82) is 0 Å². The van der Waals surface area contributed by atoms with Gasteiger partial charge in [0.05, 0.1) is 17.9 Å². The third-order valence-electron chi connectivity index (χ3n) is 6.11. The molecule has 4 heterocycles. The second-order valence-electron chi connectivity index (χ2n) is 8.22. The Labute approximate surface area is 181 Å². The number of nitrogens with one attached hydrogen (secondary N) is 1. The standard InChI is InChI=1S/C20H27N7O3S/c1-14-9-18-15(11-23-27(18)20-5-3-4-8-30-20)10-16(14)17-13-26(7-6-21-17)31(28,29)19-12-22-25(2)24-19/h9-12,17,20-21H,3-8,13H2,1-2H3. The Bertz CT molecular complexity index is 1200. The van der Waals surface area contributed by atoms with Crippen molar-refractivity contribution in [2.24, 2.45) is 7.05 Å². The summed E-state index contributed by atoms with van der Waals surface area (Å²) in [5, 5.41) is 17.0. The number of ether oxygens (including phenoxy) is 1. The van der Waals surface area contributed by atoms with Crippen molar-refractivity contribution < 1.29 is 13.2 Å². The van der Waals surface area contributed by atoms with Crippen molar-refractivity contribution in [3.63, 3.8) is 0 Å². The van der Waals surface area contributed by atoms with E-state index in [9.17, 15) is 8.42 Å². The molecule has 2 unspecified atom stereocenters. The molecule has 10 nitrogen and oxygen atoms in total. The molecule has 0 spiro atoms. The molecule has 1 N–H and O–H groups in total. The van der Waals surface area contributed by atoms with Gasteiger partial charge in [0.2, 0.25) is 5.03 Å². The number of aromatic nitrogens is 5. The van der Waals surface area contributed by atoms with Crippen molar-refractivity contribution in [1.82, 2.24) is 34.4 Å². The third kappa shape index (κ3) is 3.75. The molecule has 1 aromatic carbocycles. The summed E-state index contributed by atoms with van der Waals surface area (Å²) in [5.74, 6) is 0. The van der Waals surface area contributed by atoms with Crippen LogP contribution in [0.3, 0.4) is 0 Å². The van der Waals surface area contributed by atoms with E-state index in [0.717, 1.165) is 47.9 Å². The molecule has 0 amide bonds. The van der Waals surface area contributed by atoms with E-state index in [1.807, 2.05) is 10.9 Å². The van der Waals surface area contributed by atoms with Gasteiger partial charge in [0, 0.05) is 44.7 Å². The second kappa shape index (κ2) is 7.97. The van der Waals surface area contributed by atoms with Crippen molar-refractivity contribution >= 4 is 20.9 Å². The van der Waals surface area contributed by atoms with Gasteiger partial charge in [-0.3, -0.25) is 0 Å². The average molecular weight is 446 g/mol. The summed E-state index contributed by atoms with van der Waals surface area (Å²) >= 11 is 0. The number of benzene rings is 1. The van der Waals surface area contributed by atoms with Crippen LogP contribution in [0.4, 0.5) is 0 Å². The normalized spacial score (nSPS) is 23.4. The maximum Gasteiger partial charge on any atom is 0.264 e. The minimum absolute atomic E-state index is 0.0167. The molecular weight excluding hydrogens is 418 g/mol. The summed E-state index contributed by atoms with van der Waals surface area (Å²) in [4.78, 5) is 1.26. The summed E-state index contributed by atoms with van der Waals surface area (Å²) < 4.78 is 35.4. The Morgan fingerprint density at radius 3 is 2.81 bits per heavy atom. The van der Waals surface area contributed by atoms with Crippen LogP contribution in [0.2, 0.25) is 0 Å². The first kappa shape index (κ1) is 20.6. The van der Waals surface area contributed by atoms with Gasteiger partial charge in [0.25, 0.3) is 10.0 Å². The molecule has 0 radical (unpaired) electrons. The second-order valence-corrected chi connectivity index (χ2v) is 10.1. The number of hydrogen-bond acceptors (Lipinski definition) is 7. The maximum absolute atomic E-state index is 13.0. The largest absolute Gasteiger partial charge is 0.356 e. The van der Waals surface area contributed by atoms with Crippen LogP contribution in [0.25, 0.3) is 10.9 Å². The maximum atomic E-state index is 13.0. The predicted octanol–water partition coefficient (Wildman–Crippen LogP) is 1.51. The molecule has 2 aromatic heterocycles. The Morgan fingerprint density at radius 2 is 2.06 bits per heavy atom. The number of nitrogens with zero attached hydrogens (tertiary/aromatic N) is 6. The van der Waals surface area contributed by atoms with Gasteiger partial charge in [-0.05, 0) is 49.4 Å². The number of aryl methyl sites for hydroxylation is 2. The van der Waals surface area contributed by atoms with Gasteiger partial charge in [-0.25, -0.2) is 13.1 Å². The highest BCUT2D eigenvalue weighted by molar-refractivity contribution is 7.89. The van der Waals surface area contributed by atoms with Gasteiger partial charge < -0.3 is 10.1 Å². The van der Waals surface area contributed by atoms with Gasteiger partial charge in [0.15, 0.2) is 6.23 Å². The van der Waals surface area contributed by atoms with Crippen LogP contribution in [0.15, 0.2) is 29.6 Å². The molecule has 0 bridgehead atoms. The van der Waals surface area contributed by atoms with E-state index in [4.69, 9.17) is 4.74 Å². The van der Waals surface area contributed by atoms with Crippen LogP contribution in [0.1, 0.15) is 42.7 Å². The summed E-state index contributed by atoms with van der Waals surface area (Å²) in [6, 6.07) is 4.14. The fraction of sp³-hybridized carbons (Fsp3) is 0.550. The molecule has 2 aliphatic heterocycles. The Balaban J connectivity index is 1.43. The van der Waals surface area contributed by atoms with Crippen LogP contribution in [0.5, 0.6) is 0 Å². The number of hydrogen-bond donors (Lipinski definition) is 1. The van der Waals surface area contributed by atoms with Crippen LogP contribution >= 0.6 is 0 Å². The van der Waals surface area contributed by atoms with Gasteiger partial charge in [0.1, 0.15) is 0 Å². The summed E-state index contributed by atoms with van der Waals surface area (Å²) in [7, 11) is -2.07. The van der Waals surface area contributed by atoms with E-state index in [1.165, 1.54) is 15.3 Å². The van der Waals surface area contributed by atoms with Gasteiger partial charge in [-0.15, -0.1) is 5.10 Å². The Kier molecular flexibility index (Phi) is 5.29. The van der Waals surface area contributed by atoms with E-state index in [0.29, 0.717) is 19.6 Å². The zero-order valence-corrected chi connectivity index (χ0v) is 18.5. The van der Waals surface area contributed by atoms with Gasteiger partial charge in [-0.1, -0.05) is 0 Å². The fourth-order valence-corrected chi connectivity index (χ4v) is 5.81. The number of fused-ring (bicyclic) bond motifs is 1. The summed E-state index contributed by atoms with van der Waals surface area (Å²) in [5.41, 5.74) is 3.23. The van der Waals surface area contributed by atoms with E-state index in [1.54, 1.807) is 7.05 Å². The quantitative estimate of drug-likeness (QED) is 0.649. The molecule has 0 saturated carbocycles. The van der Waals surface area contributed by atoms with E-state index in [-0.39, 0.29) is 17.3 Å². The van der Waals surface area contributed by atoms with E-state index in [2.05, 4.69) is 39.7 Å². The molecule has 2 saturated heterocycles. The number of sulfonamides is 1. The SMILES string of the molecule is Cc1cc2c(cnn2C2CCCCO2)cc1C1CN(S(=O)(=O)c2cnn(C)n2)CCN1. The molecule has 2 atom stereocenters. The predicted molar refractivity (Wildman–Crippen MR) is 114 cm³/mol. The lowest BCUT2D eigenvalue weighted by molar-refractivity contribution is -0.0366. The van der Waals surface area contributed by atoms with Crippen molar-refractivity contribution in [2.75, 3.05) is 26.2 Å². The molecule has 5 rings (SSSR count). The van der Waals surface area contributed by atoms with Crippen LogP contribution in [0, 0.1) is 6.92 Å². The summed E-state index contributed by atoms with van der Waals surface area (Å²) in [6.07, 6.45) is 6.36. The average Bonchev–Trinajstić information content (AvgIpc) is 3.40. The molecule has 2 aliphatic rings. The first-order valence-electron chi connectivity index (χ1n) is 10.6. The molecular formula is C20H27N7O3S. The van der Waals surface area contributed by atoms with Crippen LogP contribution < -0.4 is 5.32 Å². The van der Waals surface area contributed by atoms with Crippen molar-refractivity contribution in [2.45, 2.75) is 43.5 Å². The smallest absolute Gasteiger partial charge is 0.264 e. The molecule has 11 heteroatoms. The lowest BCUT2D eigenvalue weighted by atomic mass is 9.98. The number of piperazine rings is 1. The Hall–Kier alpha value is -2.34.